The minimum Gasteiger partial charge on any atom is -0.492 e. The van der Waals surface area contributed by atoms with Gasteiger partial charge in [-0.1, -0.05) is 6.07 Å². The number of hydrogen-bond donors (Lipinski definition) is 0. The highest BCUT2D eigenvalue weighted by atomic mass is 16.5. The first-order chi connectivity index (χ1) is 15.7. The van der Waals surface area contributed by atoms with Crippen molar-refractivity contribution in [2.24, 2.45) is 7.05 Å². The highest BCUT2D eigenvalue weighted by Crippen LogP contribution is 2.19. The number of ether oxygens (including phenoxy) is 1. The Morgan fingerprint density at radius 3 is 2.62 bits per heavy atom. The van der Waals surface area contributed by atoms with Crippen LogP contribution in [0, 0.1) is 0 Å². The zero-order chi connectivity index (χ0) is 22.2. The van der Waals surface area contributed by atoms with E-state index in [-0.39, 0.29) is 5.56 Å². The van der Waals surface area contributed by atoms with Crippen LogP contribution in [0.4, 0.5) is 0 Å². The summed E-state index contributed by atoms with van der Waals surface area (Å²) < 4.78 is 7.72. The molecular weight excluding hydrogens is 400 g/mol. The fraction of sp³-hybridized carbons (Fsp3) is 0.269. The number of hydrogen-bond acceptors (Lipinski definition) is 5. The van der Waals surface area contributed by atoms with Gasteiger partial charge < -0.3 is 9.30 Å². The van der Waals surface area contributed by atoms with Crippen molar-refractivity contribution in [2.45, 2.75) is 19.4 Å². The predicted molar refractivity (Wildman–Crippen MR) is 127 cm³/mol. The summed E-state index contributed by atoms with van der Waals surface area (Å²) in [4.78, 5) is 22.6. The summed E-state index contributed by atoms with van der Waals surface area (Å²) in [5.74, 6) is 0.815. The van der Waals surface area contributed by atoms with Gasteiger partial charge in [0.15, 0.2) is 0 Å². The van der Waals surface area contributed by atoms with Gasteiger partial charge in [-0.3, -0.25) is 19.7 Å². The van der Waals surface area contributed by atoms with E-state index in [0.29, 0.717) is 6.61 Å². The molecule has 0 fully saturated rings. The van der Waals surface area contributed by atoms with E-state index in [1.807, 2.05) is 55.1 Å². The van der Waals surface area contributed by atoms with Crippen LogP contribution in [-0.4, -0.2) is 39.1 Å². The standard InChI is InChI=1S/C26H28N4O2/c1-29-25-8-7-24(18-23(25)6-9-26(29)31)32-17-16-30(20-22-10-13-27-14-11-22)15-3-5-21-4-2-12-28-19-21/h2,4,6-14,18-19H,3,5,15-17,20H2,1H3. The molecule has 0 aliphatic heterocycles. The van der Waals surface area contributed by atoms with Crippen molar-refractivity contribution in [3.63, 3.8) is 0 Å². The van der Waals surface area contributed by atoms with Crippen molar-refractivity contribution >= 4 is 10.9 Å². The van der Waals surface area contributed by atoms with Gasteiger partial charge in [0.25, 0.3) is 5.56 Å². The monoisotopic (exact) mass is 428 g/mol. The maximum Gasteiger partial charge on any atom is 0.250 e. The van der Waals surface area contributed by atoms with Crippen molar-refractivity contribution in [2.75, 3.05) is 19.7 Å². The van der Waals surface area contributed by atoms with Crippen molar-refractivity contribution in [1.29, 1.82) is 0 Å². The van der Waals surface area contributed by atoms with Gasteiger partial charge in [0, 0.05) is 56.4 Å². The number of aromatic nitrogens is 3. The highest BCUT2D eigenvalue weighted by Gasteiger charge is 2.08. The highest BCUT2D eigenvalue weighted by molar-refractivity contribution is 5.80. The molecule has 0 saturated carbocycles. The van der Waals surface area contributed by atoms with E-state index in [2.05, 4.69) is 33.1 Å². The summed E-state index contributed by atoms with van der Waals surface area (Å²) in [6, 6.07) is 17.5. The average molecular weight is 429 g/mol. The molecule has 3 heterocycles. The van der Waals surface area contributed by atoms with Crippen molar-refractivity contribution in [3.8, 4) is 5.75 Å². The third-order valence-corrected chi connectivity index (χ3v) is 5.59. The fourth-order valence-electron chi connectivity index (χ4n) is 3.81. The lowest BCUT2D eigenvalue weighted by Crippen LogP contribution is -2.29. The minimum atomic E-state index is -0.00999. The van der Waals surface area contributed by atoms with Crippen LogP contribution in [0.3, 0.4) is 0 Å². The second kappa shape index (κ2) is 10.7. The van der Waals surface area contributed by atoms with Gasteiger partial charge in [0.05, 0.1) is 5.52 Å². The number of benzene rings is 1. The van der Waals surface area contributed by atoms with Crippen LogP contribution in [-0.2, 0) is 20.0 Å². The second-order valence-corrected chi connectivity index (χ2v) is 7.90. The van der Waals surface area contributed by atoms with E-state index in [1.54, 1.807) is 17.7 Å². The molecule has 4 rings (SSSR count). The molecule has 0 saturated heterocycles. The zero-order valence-corrected chi connectivity index (χ0v) is 18.4. The molecule has 0 aliphatic carbocycles. The molecule has 4 aromatic rings. The maximum atomic E-state index is 11.8. The van der Waals surface area contributed by atoms with E-state index in [1.165, 1.54) is 11.1 Å². The van der Waals surface area contributed by atoms with Crippen LogP contribution < -0.4 is 10.3 Å². The normalized spacial score (nSPS) is 11.2. The van der Waals surface area contributed by atoms with Crippen LogP contribution in [0.2, 0.25) is 0 Å². The molecule has 32 heavy (non-hydrogen) atoms. The average Bonchev–Trinajstić information content (AvgIpc) is 2.83. The van der Waals surface area contributed by atoms with E-state index >= 15 is 0 Å². The second-order valence-electron chi connectivity index (χ2n) is 7.90. The molecule has 0 amide bonds. The molecule has 6 heteroatoms. The number of fused-ring (bicyclic) bond motifs is 1. The van der Waals surface area contributed by atoms with Crippen LogP contribution >= 0.6 is 0 Å². The summed E-state index contributed by atoms with van der Waals surface area (Å²) in [6.07, 6.45) is 9.48. The van der Waals surface area contributed by atoms with Gasteiger partial charge in [-0.25, -0.2) is 0 Å². The molecule has 164 valence electrons. The van der Waals surface area contributed by atoms with E-state index in [0.717, 1.165) is 49.1 Å². The Bertz CT molecular complexity index is 1190. The lowest BCUT2D eigenvalue weighted by atomic mass is 10.1. The summed E-state index contributed by atoms with van der Waals surface area (Å²) in [5, 5.41) is 0.995. The molecular formula is C26H28N4O2. The first-order valence-corrected chi connectivity index (χ1v) is 10.9. The van der Waals surface area contributed by atoms with Gasteiger partial charge in [-0.2, -0.15) is 0 Å². The molecule has 0 unspecified atom stereocenters. The Kier molecular flexibility index (Phi) is 7.25. The lowest BCUT2D eigenvalue weighted by molar-refractivity contribution is 0.201. The maximum absolute atomic E-state index is 11.8. The van der Waals surface area contributed by atoms with Gasteiger partial charge in [-0.05, 0) is 73.0 Å². The molecule has 1 aromatic carbocycles. The van der Waals surface area contributed by atoms with Crippen molar-refractivity contribution in [1.82, 2.24) is 19.4 Å². The predicted octanol–water partition coefficient (Wildman–Crippen LogP) is 3.84. The van der Waals surface area contributed by atoms with Crippen LogP contribution in [0.25, 0.3) is 10.9 Å². The van der Waals surface area contributed by atoms with Crippen molar-refractivity contribution < 1.29 is 4.74 Å². The van der Waals surface area contributed by atoms with Crippen LogP contribution in [0.5, 0.6) is 5.75 Å². The van der Waals surface area contributed by atoms with E-state index in [9.17, 15) is 4.79 Å². The minimum absolute atomic E-state index is 0.00999. The summed E-state index contributed by atoms with van der Waals surface area (Å²) in [7, 11) is 1.79. The van der Waals surface area contributed by atoms with Crippen LogP contribution in [0.1, 0.15) is 17.5 Å². The topological polar surface area (TPSA) is 60.2 Å². The molecule has 0 aliphatic rings. The molecule has 0 spiro atoms. The molecule has 3 aromatic heterocycles. The van der Waals surface area contributed by atoms with E-state index < -0.39 is 0 Å². The van der Waals surface area contributed by atoms with Crippen LogP contribution in [0.15, 0.2) is 84.2 Å². The van der Waals surface area contributed by atoms with Gasteiger partial charge in [0.1, 0.15) is 12.4 Å². The summed E-state index contributed by atoms with van der Waals surface area (Å²) in [5.41, 5.74) is 3.40. The van der Waals surface area contributed by atoms with E-state index in [4.69, 9.17) is 4.74 Å². The first-order valence-electron chi connectivity index (χ1n) is 10.9. The quantitative estimate of drug-likeness (QED) is 0.384. The first kappa shape index (κ1) is 21.7. The van der Waals surface area contributed by atoms with Crippen molar-refractivity contribution in [3.05, 3.63) is 101 Å². The Balaban J connectivity index is 1.36. The molecule has 0 bridgehead atoms. The number of nitrogens with zero attached hydrogens (tertiary/aromatic N) is 4. The zero-order valence-electron chi connectivity index (χ0n) is 18.4. The third-order valence-electron chi connectivity index (χ3n) is 5.59. The summed E-state index contributed by atoms with van der Waals surface area (Å²) >= 11 is 0. The molecule has 0 atom stereocenters. The van der Waals surface area contributed by atoms with Gasteiger partial charge in [-0.15, -0.1) is 0 Å². The Labute approximate surface area is 188 Å². The summed E-state index contributed by atoms with van der Waals surface area (Å²) in [6.45, 7) is 3.25. The third kappa shape index (κ3) is 5.80. The SMILES string of the molecule is Cn1c(=O)ccc2cc(OCCN(CCCc3cccnc3)Cc3ccncc3)ccc21. The smallest absolute Gasteiger partial charge is 0.250 e. The molecule has 6 nitrogen and oxygen atoms in total. The van der Waals surface area contributed by atoms with Gasteiger partial charge >= 0.3 is 0 Å². The number of rotatable bonds is 10. The largest absolute Gasteiger partial charge is 0.492 e. The number of pyridine rings is 3. The Morgan fingerprint density at radius 2 is 1.81 bits per heavy atom. The fourth-order valence-corrected chi connectivity index (χ4v) is 3.81. The van der Waals surface area contributed by atoms with Gasteiger partial charge in [0.2, 0.25) is 0 Å². The Hall–Kier alpha value is -3.51. The molecule has 0 radical (unpaired) electrons. The number of aryl methyl sites for hydroxylation is 2. The Morgan fingerprint density at radius 1 is 0.938 bits per heavy atom. The lowest BCUT2D eigenvalue weighted by Gasteiger charge is -2.22. The molecule has 0 N–H and O–H groups in total.